The number of rotatable bonds is 13. The molecule has 1 saturated heterocycles. The summed E-state index contributed by atoms with van der Waals surface area (Å²) in [5, 5.41) is -0.249. The minimum absolute atomic E-state index is 0.105. The Kier molecular flexibility index (Phi) is 15.8. The van der Waals surface area contributed by atoms with Gasteiger partial charge in [0.25, 0.3) is 0 Å². The highest BCUT2D eigenvalue weighted by Crippen LogP contribution is 2.50. The van der Waals surface area contributed by atoms with E-state index in [-0.39, 0.29) is 12.4 Å². The van der Waals surface area contributed by atoms with E-state index in [0.717, 1.165) is 52.9 Å². The normalized spacial score (nSPS) is 19.5. The first-order chi connectivity index (χ1) is 28.2. The maximum Gasteiger partial charge on any atom is 0.509 e. The Labute approximate surface area is 356 Å². The highest BCUT2D eigenvalue weighted by atomic mass is 32.2. The first kappa shape index (κ1) is 48.6. The number of nitrogens with one attached hydrogen (secondary N) is 1. The van der Waals surface area contributed by atoms with E-state index in [2.05, 4.69) is 10.1 Å². The van der Waals surface area contributed by atoms with E-state index < -0.39 is 102 Å². The van der Waals surface area contributed by atoms with Crippen LogP contribution in [-0.2, 0) is 44.2 Å². The van der Waals surface area contributed by atoms with Crippen molar-refractivity contribution in [3.8, 4) is 5.75 Å². The number of amides is 2. The number of halogens is 2. The molecule has 334 valence electrons. The largest absolute Gasteiger partial charge is 0.509 e. The molecule has 2 aromatic carbocycles. The van der Waals surface area contributed by atoms with E-state index in [9.17, 15) is 32.9 Å². The van der Waals surface area contributed by atoms with Crippen molar-refractivity contribution >= 4 is 49.6 Å². The second kappa shape index (κ2) is 19.8. The average molecular weight is 897 g/mol. The second-order valence-corrected chi connectivity index (χ2v) is 19.7. The number of anilines is 1. The first-order valence-corrected chi connectivity index (χ1v) is 21.4. The Hall–Kier alpha value is -5.04. The molecule has 0 bridgehead atoms. The number of carbonyl (C=O) groups excluding carboxylic acids is 4. The molecule has 61 heavy (non-hydrogen) atoms. The fourth-order valence-corrected chi connectivity index (χ4v) is 8.29. The van der Waals surface area contributed by atoms with Gasteiger partial charge in [0.1, 0.15) is 46.4 Å². The quantitative estimate of drug-likeness (QED) is 0.0976. The molecule has 1 aliphatic heterocycles. The molecule has 4 rings (SSSR count). The lowest BCUT2D eigenvalue weighted by molar-refractivity contribution is -0.146. The number of carbonyl (C=O) groups is 4. The maximum atomic E-state index is 16.6. The molecule has 0 spiro atoms. The van der Waals surface area contributed by atoms with Crippen molar-refractivity contribution < 1.29 is 65.3 Å². The van der Waals surface area contributed by atoms with Crippen LogP contribution in [0.25, 0.3) is 0 Å². The van der Waals surface area contributed by atoms with Crippen LogP contribution in [0.4, 0.5) is 29.0 Å². The maximum absolute atomic E-state index is 16.6. The van der Waals surface area contributed by atoms with Crippen LogP contribution in [0.15, 0.2) is 71.7 Å². The van der Waals surface area contributed by atoms with Crippen molar-refractivity contribution in [1.29, 1.82) is 0 Å². The molecule has 0 saturated carbocycles. The van der Waals surface area contributed by atoms with Crippen LogP contribution in [0.1, 0.15) is 80.2 Å². The summed E-state index contributed by atoms with van der Waals surface area (Å²) in [6.07, 6.45) is -6.50. The highest BCUT2D eigenvalue weighted by molar-refractivity contribution is 8.00. The van der Waals surface area contributed by atoms with Crippen molar-refractivity contribution in [3.63, 3.8) is 0 Å². The summed E-state index contributed by atoms with van der Waals surface area (Å²) in [6, 6.07) is 12.9. The van der Waals surface area contributed by atoms with Crippen molar-refractivity contribution in [2.24, 2.45) is 0 Å². The number of hydrogen-bond acceptors (Lipinski definition) is 15. The number of hydrogen-bond donors (Lipinski definition) is 1. The van der Waals surface area contributed by atoms with E-state index >= 15 is 4.39 Å². The summed E-state index contributed by atoms with van der Waals surface area (Å²) in [5.41, 5.74) is -3.65. The van der Waals surface area contributed by atoms with Gasteiger partial charge >= 0.3 is 37.7 Å². The van der Waals surface area contributed by atoms with Gasteiger partial charge < -0.3 is 28.2 Å². The van der Waals surface area contributed by atoms with Crippen LogP contribution in [0.3, 0.4) is 0 Å². The lowest BCUT2D eigenvalue weighted by Gasteiger charge is -2.28. The number of alkyl halides is 1. The van der Waals surface area contributed by atoms with Crippen LogP contribution >= 0.6 is 19.5 Å². The molecule has 6 atom stereocenters. The number of esters is 1. The average Bonchev–Trinajstić information content (AvgIpc) is 3.42. The van der Waals surface area contributed by atoms with E-state index in [1.807, 2.05) is 0 Å². The van der Waals surface area contributed by atoms with Gasteiger partial charge in [0.2, 0.25) is 0 Å². The smallest absolute Gasteiger partial charge is 0.460 e. The number of benzene rings is 2. The minimum Gasteiger partial charge on any atom is -0.460 e. The molecule has 21 heteroatoms. The third-order valence-corrected chi connectivity index (χ3v) is 10.9. The van der Waals surface area contributed by atoms with Crippen LogP contribution in [0.2, 0.25) is 0 Å². The molecule has 17 nitrogen and oxygen atoms in total. The van der Waals surface area contributed by atoms with Gasteiger partial charge in [-0.1, -0.05) is 30.3 Å². The zero-order chi connectivity index (χ0) is 45.5. The fourth-order valence-electron chi connectivity index (χ4n) is 5.22. The van der Waals surface area contributed by atoms with Crippen LogP contribution in [-0.4, -0.2) is 80.8 Å². The number of ether oxygens (including phenoxy) is 5. The molecule has 1 aliphatic rings. The van der Waals surface area contributed by atoms with Gasteiger partial charge in [0.15, 0.2) is 18.1 Å². The van der Waals surface area contributed by atoms with Gasteiger partial charge in [-0.15, -0.1) is 11.8 Å². The molecule has 0 radical (unpaired) electrons. The Balaban J connectivity index is 1.65. The summed E-state index contributed by atoms with van der Waals surface area (Å²) < 4.78 is 83.8. The van der Waals surface area contributed by atoms with Crippen molar-refractivity contribution in [1.82, 2.24) is 14.6 Å². The monoisotopic (exact) mass is 896 g/mol. The van der Waals surface area contributed by atoms with Crippen molar-refractivity contribution in [2.75, 3.05) is 11.5 Å². The predicted octanol–water partition coefficient (Wildman–Crippen LogP) is 8.26. The lowest BCUT2D eigenvalue weighted by atomic mass is 10.1. The van der Waals surface area contributed by atoms with Crippen LogP contribution in [0.5, 0.6) is 5.75 Å². The summed E-state index contributed by atoms with van der Waals surface area (Å²) >= 11 is 0.724. The molecular formula is C40H51F2N4O13PS. The van der Waals surface area contributed by atoms with Gasteiger partial charge in [-0.05, 0) is 105 Å². The van der Waals surface area contributed by atoms with Crippen LogP contribution < -0.4 is 20.2 Å². The van der Waals surface area contributed by atoms with E-state index in [1.54, 1.807) is 92.6 Å². The van der Waals surface area contributed by atoms with Gasteiger partial charge in [0.05, 0.1) is 11.9 Å². The molecule has 3 aromatic rings. The number of nitrogens with zero attached hydrogens (tertiary/aromatic N) is 3. The third-order valence-electron chi connectivity index (χ3n) is 7.74. The first-order valence-electron chi connectivity index (χ1n) is 18.9. The SMILES string of the molecule is C[C@H](NP(=O)(OC[C@H]1S[C@@H](n2ccc(N(C(=O)OC(C)(C)C)C(=O)OC(C)(C)C)nc2=O)[C@@H](F)[C@@H]1OC(=O)OC(C)(C)C)Oc1ccc(F)cc1)C(=O)OCc1ccccc1. The Morgan fingerprint density at radius 3 is 2.00 bits per heavy atom. The number of imide groups is 1. The molecule has 2 heterocycles. The Morgan fingerprint density at radius 1 is 0.885 bits per heavy atom. The second-order valence-electron chi connectivity index (χ2n) is 16.6. The number of aromatic nitrogens is 2. The fraction of sp³-hybridized carbons (Fsp3) is 0.500. The predicted molar refractivity (Wildman–Crippen MR) is 219 cm³/mol. The molecule has 1 unspecified atom stereocenters. The third kappa shape index (κ3) is 14.8. The summed E-state index contributed by atoms with van der Waals surface area (Å²) in [5.74, 6) is -2.09. The van der Waals surface area contributed by atoms with Gasteiger partial charge in [-0.3, -0.25) is 13.9 Å². The zero-order valence-corrected chi connectivity index (χ0v) is 37.1. The standard InChI is InChI=1S/C40H51F2N4O13PS/c1-24(33(47)53-22-25-14-12-11-13-15-25)44-60(52,59-27-18-16-26(41)17-19-27)54-23-28-31(55-37(51)58-40(8,9)10)30(42)32(61-28)45-21-20-29(43-34(45)48)46(35(49)56-38(2,3)4)36(50)57-39(5,6)7/h11-21,24,28,30-32H,22-23H2,1-10H3,(H,44,52)/t24-,28+,30-,31+,32+,60?/m0/s1. The molecule has 2 amide bonds. The van der Waals surface area contributed by atoms with E-state index in [0.29, 0.717) is 10.5 Å². The lowest BCUT2D eigenvalue weighted by Crippen LogP contribution is -2.45. The summed E-state index contributed by atoms with van der Waals surface area (Å²) in [6.45, 7) is 14.6. The Morgan fingerprint density at radius 2 is 1.46 bits per heavy atom. The van der Waals surface area contributed by atoms with E-state index in [4.69, 9.17) is 32.7 Å². The van der Waals surface area contributed by atoms with Gasteiger partial charge in [0, 0.05) is 6.20 Å². The Bertz CT molecular complexity index is 2100. The molecule has 0 aliphatic carbocycles. The van der Waals surface area contributed by atoms with Crippen molar-refractivity contribution in [2.45, 2.75) is 122 Å². The topological polar surface area (TPSA) is 200 Å². The minimum atomic E-state index is -4.65. The van der Waals surface area contributed by atoms with Gasteiger partial charge in [-0.25, -0.2) is 32.5 Å². The molecular weight excluding hydrogens is 845 g/mol. The molecule has 1 N–H and O–H groups in total. The van der Waals surface area contributed by atoms with Crippen LogP contribution in [0, 0.1) is 5.82 Å². The highest BCUT2D eigenvalue weighted by Gasteiger charge is 2.50. The number of thioether (sulfide) groups is 1. The van der Waals surface area contributed by atoms with Crippen molar-refractivity contribution in [3.05, 3.63) is 88.7 Å². The molecule has 1 aromatic heterocycles. The molecule has 1 fully saturated rings. The van der Waals surface area contributed by atoms with Gasteiger partial charge in [-0.2, -0.15) is 15.0 Å². The van der Waals surface area contributed by atoms with E-state index in [1.165, 1.54) is 6.92 Å². The summed E-state index contributed by atoms with van der Waals surface area (Å²) in [7, 11) is -4.65. The zero-order valence-electron chi connectivity index (χ0n) is 35.4. The summed E-state index contributed by atoms with van der Waals surface area (Å²) in [4.78, 5) is 70.2.